The molecule has 142 valence electrons. The summed E-state index contributed by atoms with van der Waals surface area (Å²) in [6.07, 6.45) is 2.41. The minimum atomic E-state index is -0.426. The highest BCUT2D eigenvalue weighted by Gasteiger charge is 2.07. The van der Waals surface area contributed by atoms with Crippen molar-refractivity contribution < 1.29 is 19.1 Å². The number of ether oxygens (including phenoxy) is 2. The summed E-state index contributed by atoms with van der Waals surface area (Å²) < 4.78 is 10.6. The lowest BCUT2D eigenvalue weighted by molar-refractivity contribution is -0.120. The van der Waals surface area contributed by atoms with Crippen LogP contribution < -0.4 is 20.2 Å². The SMILES string of the molecule is CCCOc1ccc(C(=O)NCC(=O)NN=Cc2cccc(OC)c2)cc1. The number of carbonyl (C=O) groups is 2. The zero-order valence-corrected chi connectivity index (χ0v) is 15.4. The maximum absolute atomic E-state index is 12.1. The molecule has 0 unspecified atom stereocenters. The van der Waals surface area contributed by atoms with Gasteiger partial charge in [0.2, 0.25) is 0 Å². The molecular formula is C20H23N3O4. The van der Waals surface area contributed by atoms with Crippen molar-refractivity contribution in [2.24, 2.45) is 5.10 Å². The Morgan fingerprint density at radius 1 is 1.11 bits per heavy atom. The van der Waals surface area contributed by atoms with Crippen LogP contribution in [-0.2, 0) is 4.79 Å². The van der Waals surface area contributed by atoms with Crippen LogP contribution in [0.4, 0.5) is 0 Å². The molecule has 0 aliphatic heterocycles. The van der Waals surface area contributed by atoms with Crippen LogP contribution in [0.25, 0.3) is 0 Å². The number of amides is 2. The molecule has 27 heavy (non-hydrogen) atoms. The van der Waals surface area contributed by atoms with E-state index in [4.69, 9.17) is 9.47 Å². The molecule has 0 aliphatic carbocycles. The fourth-order valence-electron chi connectivity index (χ4n) is 2.13. The summed E-state index contributed by atoms with van der Waals surface area (Å²) in [7, 11) is 1.58. The van der Waals surface area contributed by atoms with Gasteiger partial charge >= 0.3 is 0 Å². The highest BCUT2D eigenvalue weighted by Crippen LogP contribution is 2.12. The van der Waals surface area contributed by atoms with E-state index in [0.29, 0.717) is 23.7 Å². The number of hydrogen-bond acceptors (Lipinski definition) is 5. The Labute approximate surface area is 158 Å². The maximum atomic E-state index is 12.1. The van der Waals surface area contributed by atoms with Gasteiger partial charge in [0, 0.05) is 5.56 Å². The van der Waals surface area contributed by atoms with Crippen LogP contribution in [0.3, 0.4) is 0 Å². The quantitative estimate of drug-likeness (QED) is 0.525. The number of hydrogen-bond donors (Lipinski definition) is 2. The van der Waals surface area contributed by atoms with E-state index in [1.54, 1.807) is 37.4 Å². The topological polar surface area (TPSA) is 89.0 Å². The Bertz CT molecular complexity index is 788. The molecule has 7 nitrogen and oxygen atoms in total. The number of nitrogens with zero attached hydrogens (tertiary/aromatic N) is 1. The van der Waals surface area contributed by atoms with Crippen molar-refractivity contribution >= 4 is 18.0 Å². The zero-order chi connectivity index (χ0) is 19.5. The molecule has 0 saturated carbocycles. The van der Waals surface area contributed by atoms with E-state index in [0.717, 1.165) is 12.0 Å². The van der Waals surface area contributed by atoms with Crippen LogP contribution >= 0.6 is 0 Å². The summed E-state index contributed by atoms with van der Waals surface area (Å²) in [6, 6.07) is 14.0. The van der Waals surface area contributed by atoms with Gasteiger partial charge in [-0.2, -0.15) is 5.10 Å². The van der Waals surface area contributed by atoms with Gasteiger partial charge in [-0.25, -0.2) is 5.43 Å². The molecule has 0 aromatic heterocycles. The second-order valence-electron chi connectivity index (χ2n) is 5.63. The number of benzene rings is 2. The van der Waals surface area contributed by atoms with Gasteiger partial charge in [-0.3, -0.25) is 9.59 Å². The van der Waals surface area contributed by atoms with Crippen LogP contribution in [0, 0.1) is 0 Å². The molecule has 2 aromatic rings. The highest BCUT2D eigenvalue weighted by atomic mass is 16.5. The van der Waals surface area contributed by atoms with Gasteiger partial charge in [-0.15, -0.1) is 0 Å². The predicted molar refractivity (Wildman–Crippen MR) is 103 cm³/mol. The van der Waals surface area contributed by atoms with E-state index < -0.39 is 5.91 Å². The predicted octanol–water partition coefficient (Wildman–Crippen LogP) is 2.36. The fraction of sp³-hybridized carbons (Fsp3) is 0.250. The first-order valence-corrected chi connectivity index (χ1v) is 8.59. The number of carbonyl (C=O) groups excluding carboxylic acids is 2. The van der Waals surface area contributed by atoms with E-state index >= 15 is 0 Å². The van der Waals surface area contributed by atoms with Crippen molar-refractivity contribution in [3.05, 3.63) is 59.7 Å². The Kier molecular flexibility index (Phi) is 7.84. The van der Waals surface area contributed by atoms with E-state index in [9.17, 15) is 9.59 Å². The monoisotopic (exact) mass is 369 g/mol. The molecule has 0 fully saturated rings. The molecule has 0 spiro atoms. The van der Waals surface area contributed by atoms with Crippen LogP contribution in [-0.4, -0.2) is 38.3 Å². The number of rotatable bonds is 9. The summed E-state index contributed by atoms with van der Waals surface area (Å²) in [6.45, 7) is 2.47. The van der Waals surface area contributed by atoms with Gasteiger partial charge in [0.15, 0.2) is 0 Å². The van der Waals surface area contributed by atoms with E-state index in [1.165, 1.54) is 6.21 Å². The van der Waals surface area contributed by atoms with Crippen LogP contribution in [0.2, 0.25) is 0 Å². The maximum Gasteiger partial charge on any atom is 0.259 e. The lowest BCUT2D eigenvalue weighted by Crippen LogP contribution is -2.34. The molecular weight excluding hydrogens is 346 g/mol. The molecule has 0 heterocycles. The third-order valence-corrected chi connectivity index (χ3v) is 3.50. The number of hydrazone groups is 1. The van der Waals surface area contributed by atoms with Crippen molar-refractivity contribution in [1.29, 1.82) is 0 Å². The van der Waals surface area contributed by atoms with Gasteiger partial charge in [0.05, 0.1) is 26.5 Å². The van der Waals surface area contributed by atoms with Crippen LogP contribution in [0.1, 0.15) is 29.3 Å². The molecule has 2 aromatic carbocycles. The molecule has 7 heteroatoms. The van der Waals surface area contributed by atoms with E-state index in [1.807, 2.05) is 25.1 Å². The van der Waals surface area contributed by atoms with Crippen LogP contribution in [0.5, 0.6) is 11.5 Å². The average molecular weight is 369 g/mol. The van der Waals surface area contributed by atoms with E-state index in [-0.39, 0.29) is 12.5 Å². The first-order chi connectivity index (χ1) is 13.1. The molecule has 2 amide bonds. The smallest absolute Gasteiger partial charge is 0.259 e. The van der Waals surface area contributed by atoms with Crippen molar-refractivity contribution in [2.45, 2.75) is 13.3 Å². The van der Waals surface area contributed by atoms with E-state index in [2.05, 4.69) is 15.8 Å². The lowest BCUT2D eigenvalue weighted by atomic mass is 10.2. The fourth-order valence-corrected chi connectivity index (χ4v) is 2.13. The normalized spacial score (nSPS) is 10.4. The lowest BCUT2D eigenvalue weighted by Gasteiger charge is -2.07. The Morgan fingerprint density at radius 2 is 1.89 bits per heavy atom. The highest BCUT2D eigenvalue weighted by molar-refractivity contribution is 5.96. The molecule has 0 saturated heterocycles. The summed E-state index contributed by atoms with van der Waals surface area (Å²) in [5.74, 6) is 0.635. The van der Waals surface area contributed by atoms with Crippen molar-refractivity contribution in [2.75, 3.05) is 20.3 Å². The first-order valence-electron chi connectivity index (χ1n) is 8.59. The van der Waals surface area contributed by atoms with Gasteiger partial charge in [0.25, 0.3) is 11.8 Å². The molecule has 0 atom stereocenters. The van der Waals surface area contributed by atoms with Gasteiger partial charge < -0.3 is 14.8 Å². The van der Waals surface area contributed by atoms with Crippen molar-refractivity contribution in [3.8, 4) is 11.5 Å². The Morgan fingerprint density at radius 3 is 2.59 bits per heavy atom. The third kappa shape index (κ3) is 6.81. The molecule has 2 N–H and O–H groups in total. The Balaban J connectivity index is 1.77. The third-order valence-electron chi connectivity index (χ3n) is 3.50. The minimum Gasteiger partial charge on any atom is -0.497 e. The second kappa shape index (κ2) is 10.6. The second-order valence-corrected chi connectivity index (χ2v) is 5.63. The number of nitrogens with one attached hydrogen (secondary N) is 2. The first kappa shape index (κ1) is 20.0. The zero-order valence-electron chi connectivity index (χ0n) is 15.4. The van der Waals surface area contributed by atoms with Gasteiger partial charge in [0.1, 0.15) is 11.5 Å². The van der Waals surface area contributed by atoms with Gasteiger partial charge in [-0.1, -0.05) is 19.1 Å². The largest absolute Gasteiger partial charge is 0.497 e. The Hall–Kier alpha value is -3.35. The summed E-state index contributed by atoms with van der Waals surface area (Å²) in [5, 5.41) is 6.40. The van der Waals surface area contributed by atoms with Crippen molar-refractivity contribution in [3.63, 3.8) is 0 Å². The van der Waals surface area contributed by atoms with Crippen molar-refractivity contribution in [1.82, 2.24) is 10.7 Å². The molecule has 0 bridgehead atoms. The standard InChI is InChI=1S/C20H23N3O4/c1-3-11-27-17-9-7-16(8-10-17)20(25)21-14-19(24)23-22-13-15-5-4-6-18(12-15)26-2/h4-10,12-13H,3,11,14H2,1-2H3,(H,21,25)(H,23,24). The summed E-state index contributed by atoms with van der Waals surface area (Å²) in [4.78, 5) is 23.8. The molecule has 2 rings (SSSR count). The minimum absolute atomic E-state index is 0.178. The number of methoxy groups -OCH3 is 1. The van der Waals surface area contributed by atoms with Crippen LogP contribution in [0.15, 0.2) is 53.6 Å². The summed E-state index contributed by atoms with van der Waals surface area (Å²) >= 11 is 0. The molecule has 0 aliphatic rings. The van der Waals surface area contributed by atoms with Gasteiger partial charge in [-0.05, 0) is 48.4 Å². The average Bonchev–Trinajstić information content (AvgIpc) is 2.71. The summed E-state index contributed by atoms with van der Waals surface area (Å²) in [5.41, 5.74) is 3.59. The molecule has 0 radical (unpaired) electrons.